The second-order valence-electron chi connectivity index (χ2n) is 9.99. The molecule has 8 heteroatoms. The Bertz CT molecular complexity index is 1670. The zero-order chi connectivity index (χ0) is 29.5. The van der Waals surface area contributed by atoms with Gasteiger partial charge in [-0.05, 0) is 48.4 Å². The lowest BCUT2D eigenvalue weighted by Crippen LogP contribution is -2.38. The number of hydrogen-bond acceptors (Lipinski definition) is 4. The maximum absolute atomic E-state index is 13.7. The fourth-order valence-electron chi connectivity index (χ4n) is 4.76. The van der Waals surface area contributed by atoms with Crippen LogP contribution >= 0.6 is 0 Å². The van der Waals surface area contributed by atoms with E-state index < -0.39 is 17.6 Å². The Balaban J connectivity index is 1.51. The van der Waals surface area contributed by atoms with Crippen molar-refractivity contribution in [3.8, 4) is 16.8 Å². The molecule has 42 heavy (non-hydrogen) atoms. The molecule has 0 spiro atoms. The summed E-state index contributed by atoms with van der Waals surface area (Å²) in [6.45, 7) is 1.44. The van der Waals surface area contributed by atoms with Gasteiger partial charge in [-0.1, -0.05) is 103 Å². The highest BCUT2D eigenvalue weighted by atomic mass is 16.2. The molecule has 0 fully saturated rings. The van der Waals surface area contributed by atoms with Gasteiger partial charge in [-0.3, -0.25) is 19.1 Å². The summed E-state index contributed by atoms with van der Waals surface area (Å²) >= 11 is 0. The number of anilines is 1. The van der Waals surface area contributed by atoms with Crippen molar-refractivity contribution in [1.82, 2.24) is 20.0 Å². The number of benzene rings is 4. The van der Waals surface area contributed by atoms with Gasteiger partial charge in [0, 0.05) is 0 Å². The second-order valence-corrected chi connectivity index (χ2v) is 9.99. The predicted octanol–water partition coefficient (Wildman–Crippen LogP) is 4.76. The Hall–Kier alpha value is -5.21. The van der Waals surface area contributed by atoms with E-state index in [1.807, 2.05) is 115 Å². The van der Waals surface area contributed by atoms with E-state index >= 15 is 0 Å². The van der Waals surface area contributed by atoms with E-state index in [9.17, 15) is 14.4 Å². The van der Waals surface area contributed by atoms with Crippen molar-refractivity contribution in [2.45, 2.75) is 25.6 Å². The Morgan fingerprint density at radius 2 is 1.33 bits per heavy atom. The monoisotopic (exact) mass is 559 g/mol. The minimum Gasteiger partial charge on any atom is -0.344 e. The van der Waals surface area contributed by atoms with Gasteiger partial charge in [0.15, 0.2) is 0 Å². The van der Waals surface area contributed by atoms with Crippen molar-refractivity contribution < 1.29 is 9.59 Å². The van der Waals surface area contributed by atoms with Gasteiger partial charge in [0.25, 0.3) is 5.56 Å². The summed E-state index contributed by atoms with van der Waals surface area (Å²) in [5, 5.41) is 8.70. The maximum atomic E-state index is 13.7. The number of amides is 2. The number of aromatic nitrogens is 2. The molecule has 0 saturated heterocycles. The summed E-state index contributed by atoms with van der Waals surface area (Å²) < 4.78 is 2.96. The summed E-state index contributed by atoms with van der Waals surface area (Å²) in [7, 11) is 1.67. The lowest BCUT2D eigenvalue weighted by Gasteiger charge is -2.20. The first-order chi connectivity index (χ1) is 20.4. The molecule has 0 aliphatic rings. The Labute approximate surface area is 244 Å². The fraction of sp³-hybridized carbons (Fsp3) is 0.147. The van der Waals surface area contributed by atoms with Crippen LogP contribution in [0.4, 0.5) is 5.69 Å². The molecule has 8 nitrogen and oxygen atoms in total. The molecular formula is C34H33N5O3. The molecule has 1 heterocycles. The maximum Gasteiger partial charge on any atom is 0.291 e. The third kappa shape index (κ3) is 6.40. The smallest absolute Gasteiger partial charge is 0.291 e. The topological polar surface area (TPSA) is 97.2 Å². The van der Waals surface area contributed by atoms with E-state index in [0.717, 1.165) is 22.3 Å². The highest BCUT2D eigenvalue weighted by Gasteiger charge is 2.22. The number of carbonyl (C=O) groups is 2. The number of nitrogens with one attached hydrogen (secondary N) is 3. The second kappa shape index (κ2) is 13.0. The molecule has 0 saturated carbocycles. The molecule has 0 unspecified atom stereocenters. The lowest BCUT2D eigenvalue weighted by atomic mass is 9.99. The number of hydrogen-bond donors (Lipinski definition) is 3. The van der Waals surface area contributed by atoms with E-state index in [0.29, 0.717) is 5.69 Å². The molecule has 0 aliphatic heterocycles. The first-order valence-electron chi connectivity index (χ1n) is 13.8. The lowest BCUT2D eigenvalue weighted by molar-refractivity contribution is -0.122. The minimum absolute atomic E-state index is 0.0858. The van der Waals surface area contributed by atoms with E-state index in [2.05, 4.69) is 16.0 Å². The van der Waals surface area contributed by atoms with Gasteiger partial charge in [-0.15, -0.1) is 0 Å². The van der Waals surface area contributed by atoms with Crippen molar-refractivity contribution in [1.29, 1.82) is 0 Å². The van der Waals surface area contributed by atoms with Crippen LogP contribution in [0.3, 0.4) is 0 Å². The summed E-state index contributed by atoms with van der Waals surface area (Å²) in [6, 6.07) is 36.0. The van der Waals surface area contributed by atoms with Crippen molar-refractivity contribution >= 4 is 17.5 Å². The average molecular weight is 560 g/mol. The van der Waals surface area contributed by atoms with Gasteiger partial charge in [0.2, 0.25) is 11.8 Å². The molecular weight excluding hydrogens is 526 g/mol. The average Bonchev–Trinajstić information content (AvgIpc) is 3.34. The SMILES string of the molecule is CN[C@@H](C)C(=O)Nc1cn(-c2cccc(-c3ccccc3)c2)n(CC(=O)NC(c2ccccc2)c2ccccc2)c1=O. The molecule has 4 aromatic carbocycles. The zero-order valence-electron chi connectivity index (χ0n) is 23.5. The van der Waals surface area contributed by atoms with Crippen LogP contribution in [-0.4, -0.2) is 34.3 Å². The van der Waals surface area contributed by atoms with Gasteiger partial charge in [0.1, 0.15) is 12.2 Å². The highest BCUT2D eigenvalue weighted by molar-refractivity contribution is 5.94. The minimum atomic E-state index is -0.511. The Morgan fingerprint density at radius 3 is 1.93 bits per heavy atom. The molecule has 3 N–H and O–H groups in total. The molecule has 1 atom stereocenters. The summed E-state index contributed by atoms with van der Waals surface area (Å²) in [5.74, 6) is -0.704. The van der Waals surface area contributed by atoms with Crippen molar-refractivity contribution in [2.24, 2.45) is 0 Å². The van der Waals surface area contributed by atoms with Crippen molar-refractivity contribution in [3.05, 3.63) is 143 Å². The van der Waals surface area contributed by atoms with E-state index in [-0.39, 0.29) is 24.0 Å². The van der Waals surface area contributed by atoms with Crippen LogP contribution in [0.5, 0.6) is 0 Å². The van der Waals surface area contributed by atoms with E-state index in [1.54, 1.807) is 24.9 Å². The summed E-state index contributed by atoms with van der Waals surface area (Å²) in [5.41, 5.74) is 4.08. The number of likely N-dealkylation sites (N-methyl/N-ethyl adjacent to an activating group) is 1. The fourth-order valence-corrected chi connectivity index (χ4v) is 4.76. The molecule has 1 aromatic heterocycles. The third-order valence-electron chi connectivity index (χ3n) is 7.14. The Morgan fingerprint density at radius 1 is 0.762 bits per heavy atom. The number of rotatable bonds is 10. The quantitative estimate of drug-likeness (QED) is 0.230. The molecule has 0 radical (unpaired) electrons. The highest BCUT2D eigenvalue weighted by Crippen LogP contribution is 2.24. The van der Waals surface area contributed by atoms with Crippen molar-refractivity contribution in [2.75, 3.05) is 12.4 Å². The third-order valence-corrected chi connectivity index (χ3v) is 7.14. The summed E-state index contributed by atoms with van der Waals surface area (Å²) in [6.07, 6.45) is 1.56. The first kappa shape index (κ1) is 28.3. The first-order valence-corrected chi connectivity index (χ1v) is 13.8. The van der Waals surface area contributed by atoms with Gasteiger partial charge in [-0.2, -0.15) is 0 Å². The predicted molar refractivity (Wildman–Crippen MR) is 165 cm³/mol. The zero-order valence-corrected chi connectivity index (χ0v) is 23.5. The van der Waals surface area contributed by atoms with Crippen LogP contribution < -0.4 is 21.5 Å². The normalized spacial score (nSPS) is 11.7. The summed E-state index contributed by atoms with van der Waals surface area (Å²) in [4.78, 5) is 39.9. The number of nitrogens with zero attached hydrogens (tertiary/aromatic N) is 2. The standard InChI is InChI=1S/C34H33N5O3/c1-24(35-2)33(41)36-30-22-38(29-20-12-19-28(21-29)25-13-6-3-7-14-25)39(34(30)42)23-31(40)37-32(26-15-8-4-9-16-26)27-17-10-5-11-18-27/h3-22,24,32,35H,23H2,1-2H3,(H,36,41)(H,37,40)/t24-/m0/s1. The van der Waals surface area contributed by atoms with Gasteiger partial charge >= 0.3 is 0 Å². The largest absolute Gasteiger partial charge is 0.344 e. The van der Waals surface area contributed by atoms with E-state index in [4.69, 9.17) is 0 Å². The Kier molecular flexibility index (Phi) is 8.75. The van der Waals surface area contributed by atoms with Gasteiger partial charge < -0.3 is 16.0 Å². The molecule has 5 aromatic rings. The molecule has 2 amide bonds. The van der Waals surface area contributed by atoms with Gasteiger partial charge in [-0.25, -0.2) is 4.68 Å². The van der Waals surface area contributed by atoms with Crippen LogP contribution in [-0.2, 0) is 16.1 Å². The molecule has 212 valence electrons. The molecule has 5 rings (SSSR count). The number of carbonyl (C=O) groups excluding carboxylic acids is 2. The van der Waals surface area contributed by atoms with Crippen LogP contribution in [0.15, 0.2) is 126 Å². The molecule has 0 bridgehead atoms. The molecule has 0 aliphatic carbocycles. The van der Waals surface area contributed by atoms with Gasteiger partial charge in [0.05, 0.1) is 24.0 Å². The van der Waals surface area contributed by atoms with E-state index in [1.165, 1.54) is 4.68 Å². The van der Waals surface area contributed by atoms with Crippen LogP contribution in [0, 0.1) is 0 Å². The van der Waals surface area contributed by atoms with Crippen molar-refractivity contribution in [3.63, 3.8) is 0 Å². The van der Waals surface area contributed by atoms with Crippen LogP contribution in [0.1, 0.15) is 24.1 Å². The van der Waals surface area contributed by atoms with Crippen LogP contribution in [0.25, 0.3) is 16.8 Å². The van der Waals surface area contributed by atoms with Crippen LogP contribution in [0.2, 0.25) is 0 Å².